The molecule has 0 bridgehead atoms. The Labute approximate surface area is 162 Å². The predicted octanol–water partition coefficient (Wildman–Crippen LogP) is 0.732. The van der Waals surface area contributed by atoms with Crippen molar-refractivity contribution in [3.63, 3.8) is 0 Å². The topological polar surface area (TPSA) is 59.3 Å². The summed E-state index contributed by atoms with van der Waals surface area (Å²) < 4.78 is 5.87. The number of phenols is 1. The van der Waals surface area contributed by atoms with Gasteiger partial charge in [-0.25, -0.2) is 0 Å². The normalized spacial score (nSPS) is 20.1. The van der Waals surface area contributed by atoms with Crippen LogP contribution in [0.1, 0.15) is 5.56 Å². The van der Waals surface area contributed by atoms with Crippen LogP contribution in [0.25, 0.3) is 22.1 Å². The second-order valence-electron chi connectivity index (χ2n) is 7.28. The van der Waals surface area contributed by atoms with Crippen molar-refractivity contribution in [2.75, 3.05) is 33.2 Å². The Kier molecular flexibility index (Phi) is 4.91. The zero-order valence-corrected chi connectivity index (χ0v) is 16.0. The summed E-state index contributed by atoms with van der Waals surface area (Å²) in [6, 6.07) is 10.4. The average Bonchev–Trinajstić information content (AvgIpc) is 2.67. The van der Waals surface area contributed by atoms with E-state index in [0.29, 0.717) is 39.2 Å². The van der Waals surface area contributed by atoms with Gasteiger partial charge in [0.2, 0.25) is 5.43 Å². The van der Waals surface area contributed by atoms with E-state index in [0.717, 1.165) is 26.2 Å². The molecule has 3 aromatic rings. The molecule has 6 heteroatoms. The fourth-order valence-electron chi connectivity index (χ4n) is 3.74. The Bertz CT molecular complexity index is 1040. The lowest BCUT2D eigenvalue weighted by Crippen LogP contribution is -3.26. The third kappa shape index (κ3) is 3.46. The van der Waals surface area contributed by atoms with Gasteiger partial charge in [0.1, 0.15) is 50.3 Å². The molecule has 0 spiro atoms. The summed E-state index contributed by atoms with van der Waals surface area (Å²) in [4.78, 5) is 16.0. The molecular formula is C21H23ClN2O3+2. The van der Waals surface area contributed by atoms with E-state index in [2.05, 4.69) is 7.05 Å². The number of likely N-dealkylation sites (N-methyl/N-ethyl adjacent to an activating group) is 1. The first kappa shape index (κ1) is 18.0. The summed E-state index contributed by atoms with van der Waals surface area (Å²) in [5.74, 6) is 0.176. The Balaban J connectivity index is 1.78. The molecule has 0 amide bonds. The fraction of sp³-hybridized carbons (Fsp3) is 0.286. The van der Waals surface area contributed by atoms with Gasteiger partial charge in [0, 0.05) is 10.6 Å². The summed E-state index contributed by atoms with van der Waals surface area (Å²) in [7, 11) is 2.20. The molecule has 27 heavy (non-hydrogen) atoms. The summed E-state index contributed by atoms with van der Waals surface area (Å²) in [5.41, 5.74) is 2.11. The van der Waals surface area contributed by atoms with Gasteiger partial charge >= 0.3 is 0 Å². The van der Waals surface area contributed by atoms with E-state index >= 15 is 0 Å². The number of rotatable bonds is 3. The van der Waals surface area contributed by atoms with Crippen LogP contribution in [-0.2, 0) is 6.54 Å². The van der Waals surface area contributed by atoms with Crippen LogP contribution in [0.3, 0.4) is 0 Å². The van der Waals surface area contributed by atoms with Gasteiger partial charge < -0.3 is 19.3 Å². The number of hydrogen-bond acceptors (Lipinski definition) is 3. The first-order chi connectivity index (χ1) is 13.0. The lowest BCUT2D eigenvalue weighted by atomic mass is 10.0. The van der Waals surface area contributed by atoms with E-state index in [1.165, 1.54) is 16.1 Å². The van der Waals surface area contributed by atoms with E-state index in [1.54, 1.807) is 24.3 Å². The minimum absolute atomic E-state index is 0.136. The van der Waals surface area contributed by atoms with Gasteiger partial charge in [-0.1, -0.05) is 29.8 Å². The Morgan fingerprint density at radius 2 is 1.81 bits per heavy atom. The van der Waals surface area contributed by atoms with Crippen LogP contribution >= 0.6 is 11.6 Å². The largest absolute Gasteiger partial charge is 0.507 e. The number of benzene rings is 2. The number of aromatic hydroxyl groups is 1. The first-order valence-electron chi connectivity index (χ1n) is 9.20. The summed E-state index contributed by atoms with van der Waals surface area (Å²) in [6.45, 7) is 4.90. The molecule has 0 aliphatic carbocycles. The van der Waals surface area contributed by atoms with E-state index in [9.17, 15) is 9.90 Å². The van der Waals surface area contributed by atoms with Gasteiger partial charge in [-0.3, -0.25) is 4.79 Å². The van der Waals surface area contributed by atoms with Gasteiger partial charge in [0.25, 0.3) is 0 Å². The number of nitrogens with one attached hydrogen (secondary N) is 2. The quantitative estimate of drug-likeness (QED) is 0.622. The van der Waals surface area contributed by atoms with Crippen LogP contribution in [0.5, 0.6) is 5.75 Å². The SMILES string of the molecule is C[NH+]1CC[NH+](Cc2c(O)ccc3c(=O)c(-c4ccccc4Cl)coc23)CC1. The third-order valence-corrected chi connectivity index (χ3v) is 5.75. The molecule has 5 nitrogen and oxygen atoms in total. The smallest absolute Gasteiger partial charge is 0.200 e. The average molecular weight is 387 g/mol. The monoisotopic (exact) mass is 386 g/mol. The van der Waals surface area contributed by atoms with Gasteiger partial charge in [-0.15, -0.1) is 0 Å². The lowest BCUT2D eigenvalue weighted by Gasteiger charge is -2.27. The molecule has 1 fully saturated rings. The van der Waals surface area contributed by atoms with Crippen molar-refractivity contribution >= 4 is 22.6 Å². The molecule has 3 N–H and O–H groups in total. The minimum Gasteiger partial charge on any atom is -0.507 e. The van der Waals surface area contributed by atoms with Crippen molar-refractivity contribution < 1.29 is 19.3 Å². The molecule has 1 aromatic heterocycles. The standard InChI is InChI=1S/C21H21ClN2O3/c1-23-8-10-24(11-9-23)12-16-19(25)7-6-15-20(26)17(13-27-21(15)16)14-4-2-3-5-18(14)22/h2-7,13,25H,8-12H2,1H3/p+2. The number of hydrogen-bond donors (Lipinski definition) is 3. The number of halogens is 1. The summed E-state index contributed by atoms with van der Waals surface area (Å²) in [5, 5.41) is 11.4. The zero-order chi connectivity index (χ0) is 19.0. The zero-order valence-electron chi connectivity index (χ0n) is 15.2. The number of phenolic OH excluding ortho intramolecular Hbond substituents is 1. The highest BCUT2D eigenvalue weighted by Crippen LogP contribution is 2.30. The second-order valence-corrected chi connectivity index (χ2v) is 7.69. The number of quaternary nitrogens is 2. The maximum atomic E-state index is 13.1. The van der Waals surface area contributed by atoms with Crippen LogP contribution in [0, 0.1) is 0 Å². The van der Waals surface area contributed by atoms with Crippen LogP contribution < -0.4 is 15.2 Å². The molecule has 2 heterocycles. The Hall–Kier alpha value is -2.34. The minimum atomic E-state index is -0.136. The fourth-order valence-corrected chi connectivity index (χ4v) is 3.98. The predicted molar refractivity (Wildman–Crippen MR) is 106 cm³/mol. The van der Waals surface area contributed by atoms with Crippen molar-refractivity contribution in [1.29, 1.82) is 0 Å². The van der Waals surface area contributed by atoms with Gasteiger partial charge in [-0.05, 0) is 18.2 Å². The molecule has 140 valence electrons. The van der Waals surface area contributed by atoms with Crippen LogP contribution in [0.2, 0.25) is 5.02 Å². The lowest BCUT2D eigenvalue weighted by molar-refractivity contribution is -1.01. The van der Waals surface area contributed by atoms with E-state index in [4.69, 9.17) is 16.0 Å². The van der Waals surface area contributed by atoms with Gasteiger partial charge in [-0.2, -0.15) is 0 Å². The molecule has 0 radical (unpaired) electrons. The van der Waals surface area contributed by atoms with Crippen molar-refractivity contribution in [2.45, 2.75) is 6.54 Å². The number of piperazine rings is 1. The number of fused-ring (bicyclic) bond motifs is 1. The maximum absolute atomic E-state index is 13.1. The van der Waals surface area contributed by atoms with E-state index in [-0.39, 0.29) is 11.2 Å². The van der Waals surface area contributed by atoms with Crippen LogP contribution in [-0.4, -0.2) is 38.3 Å². The van der Waals surface area contributed by atoms with E-state index < -0.39 is 0 Å². The molecule has 1 aliphatic rings. The van der Waals surface area contributed by atoms with Crippen molar-refractivity contribution in [3.05, 3.63) is 63.5 Å². The molecule has 2 aromatic carbocycles. The first-order valence-corrected chi connectivity index (χ1v) is 9.58. The highest BCUT2D eigenvalue weighted by Gasteiger charge is 2.24. The molecule has 4 rings (SSSR count). The summed E-state index contributed by atoms with van der Waals surface area (Å²) in [6.07, 6.45) is 1.46. The van der Waals surface area contributed by atoms with Crippen LogP contribution in [0.15, 0.2) is 51.9 Å². The maximum Gasteiger partial charge on any atom is 0.200 e. The van der Waals surface area contributed by atoms with E-state index in [1.807, 2.05) is 12.1 Å². The summed E-state index contributed by atoms with van der Waals surface area (Å²) >= 11 is 6.25. The van der Waals surface area contributed by atoms with Crippen LogP contribution in [0.4, 0.5) is 0 Å². The highest BCUT2D eigenvalue weighted by molar-refractivity contribution is 6.33. The Morgan fingerprint density at radius 3 is 2.56 bits per heavy atom. The molecule has 0 saturated carbocycles. The molecule has 1 saturated heterocycles. The second kappa shape index (κ2) is 7.35. The highest BCUT2D eigenvalue weighted by atomic mass is 35.5. The van der Waals surface area contributed by atoms with Gasteiger partial charge in [0.05, 0.1) is 23.6 Å². The Morgan fingerprint density at radius 1 is 1.07 bits per heavy atom. The molecule has 0 atom stereocenters. The third-order valence-electron chi connectivity index (χ3n) is 5.42. The van der Waals surface area contributed by atoms with Gasteiger partial charge in [0.15, 0.2) is 0 Å². The molecular weight excluding hydrogens is 364 g/mol. The van der Waals surface area contributed by atoms with Crippen molar-refractivity contribution in [1.82, 2.24) is 0 Å². The van der Waals surface area contributed by atoms with Crippen molar-refractivity contribution in [2.24, 2.45) is 0 Å². The molecule has 0 unspecified atom stereocenters. The molecule has 1 aliphatic heterocycles. The van der Waals surface area contributed by atoms with Crippen molar-refractivity contribution in [3.8, 4) is 16.9 Å².